The average molecular weight is 326 g/mol. The lowest BCUT2D eigenvalue weighted by molar-refractivity contribution is 1.27. The molecule has 1 nitrogen and oxygen atoms in total. The Morgan fingerprint density at radius 2 is 1.17 bits per heavy atom. The average Bonchev–Trinajstić information content (AvgIpc) is 2.68. The van der Waals surface area contributed by atoms with E-state index in [0.29, 0.717) is 0 Å². The van der Waals surface area contributed by atoms with Gasteiger partial charge in [0.25, 0.3) is 0 Å². The number of rotatable bonds is 0. The minimum absolute atomic E-state index is 1.21. The Kier molecular flexibility index (Phi) is 17.3. The molecule has 1 heterocycles. The van der Waals surface area contributed by atoms with Gasteiger partial charge in [0, 0.05) is 12.4 Å². The summed E-state index contributed by atoms with van der Waals surface area (Å²) >= 11 is 0. The summed E-state index contributed by atoms with van der Waals surface area (Å²) in [5.74, 6) is 0. The number of nitrogens with zero attached hydrogens (tertiary/aromatic N) is 1. The minimum Gasteiger partial charge on any atom is -0.264 e. The lowest BCUT2D eigenvalue weighted by atomic mass is 10.1. The second kappa shape index (κ2) is 17.2. The van der Waals surface area contributed by atoms with Gasteiger partial charge >= 0.3 is 0 Å². The van der Waals surface area contributed by atoms with E-state index in [1.165, 1.54) is 21.9 Å². The van der Waals surface area contributed by atoms with E-state index in [9.17, 15) is 0 Å². The van der Waals surface area contributed by atoms with Crippen LogP contribution in [0.4, 0.5) is 0 Å². The molecular formula is C23H35N. The maximum Gasteiger partial charge on any atom is 0.0297 e. The van der Waals surface area contributed by atoms with E-state index in [4.69, 9.17) is 0 Å². The first-order valence-electron chi connectivity index (χ1n) is 9.08. The molecular weight excluding hydrogens is 290 g/mol. The zero-order valence-corrected chi connectivity index (χ0v) is 16.8. The SMILES string of the molecule is CC.CC.CC.Cc1ccc2ccccc2c1.Cc1cccnc1. The Balaban J connectivity index is 0. The first-order chi connectivity index (χ1) is 11.8. The van der Waals surface area contributed by atoms with Crippen molar-refractivity contribution < 1.29 is 0 Å². The molecule has 0 radical (unpaired) electrons. The molecule has 0 saturated carbocycles. The molecule has 24 heavy (non-hydrogen) atoms. The second-order valence-corrected chi connectivity index (χ2v) is 4.38. The normalized spacial score (nSPS) is 8.00. The topological polar surface area (TPSA) is 12.9 Å². The predicted octanol–water partition coefficient (Wildman–Crippen LogP) is 7.62. The fraction of sp³-hybridized carbons (Fsp3) is 0.348. The van der Waals surface area contributed by atoms with Crippen LogP contribution in [-0.4, -0.2) is 4.98 Å². The van der Waals surface area contributed by atoms with E-state index in [2.05, 4.69) is 54.4 Å². The van der Waals surface area contributed by atoms with Crippen LogP contribution in [0.1, 0.15) is 52.7 Å². The quantitative estimate of drug-likeness (QED) is 0.414. The molecule has 0 fully saturated rings. The maximum atomic E-state index is 3.88. The number of benzene rings is 2. The maximum absolute atomic E-state index is 3.88. The van der Waals surface area contributed by atoms with Crippen LogP contribution >= 0.6 is 0 Å². The van der Waals surface area contributed by atoms with Crippen LogP contribution < -0.4 is 0 Å². The molecule has 1 heteroatoms. The number of aromatic nitrogens is 1. The summed E-state index contributed by atoms with van der Waals surface area (Å²) in [6.45, 7) is 16.1. The summed E-state index contributed by atoms with van der Waals surface area (Å²) in [5, 5.41) is 2.64. The largest absolute Gasteiger partial charge is 0.264 e. The van der Waals surface area contributed by atoms with Crippen LogP contribution in [0.5, 0.6) is 0 Å². The molecule has 3 aromatic rings. The molecule has 3 rings (SSSR count). The van der Waals surface area contributed by atoms with Crippen LogP contribution in [-0.2, 0) is 0 Å². The fourth-order valence-corrected chi connectivity index (χ4v) is 1.76. The molecule has 0 aliphatic rings. The Morgan fingerprint density at radius 1 is 0.583 bits per heavy atom. The monoisotopic (exact) mass is 325 g/mol. The molecule has 0 aliphatic heterocycles. The highest BCUT2D eigenvalue weighted by Crippen LogP contribution is 2.14. The van der Waals surface area contributed by atoms with Crippen molar-refractivity contribution in [3.63, 3.8) is 0 Å². The van der Waals surface area contributed by atoms with Gasteiger partial charge in [-0.3, -0.25) is 4.98 Å². The molecule has 0 saturated heterocycles. The van der Waals surface area contributed by atoms with Crippen molar-refractivity contribution in [1.29, 1.82) is 0 Å². The summed E-state index contributed by atoms with van der Waals surface area (Å²) in [6, 6.07) is 18.9. The highest BCUT2D eigenvalue weighted by Gasteiger charge is 1.89. The van der Waals surface area contributed by atoms with Crippen LogP contribution in [0.3, 0.4) is 0 Å². The minimum atomic E-state index is 1.21. The van der Waals surface area contributed by atoms with E-state index in [0.717, 1.165) is 0 Å². The molecule has 132 valence electrons. The van der Waals surface area contributed by atoms with Crippen LogP contribution in [0.15, 0.2) is 67.0 Å². The lowest BCUT2D eigenvalue weighted by Gasteiger charge is -1.96. The van der Waals surface area contributed by atoms with Gasteiger partial charge in [-0.1, -0.05) is 95.6 Å². The number of aryl methyl sites for hydroxylation is 2. The molecule has 0 spiro atoms. The lowest BCUT2D eigenvalue weighted by Crippen LogP contribution is -1.73. The zero-order valence-electron chi connectivity index (χ0n) is 16.8. The van der Waals surface area contributed by atoms with E-state index in [1.54, 1.807) is 6.20 Å². The van der Waals surface area contributed by atoms with E-state index >= 15 is 0 Å². The first-order valence-corrected chi connectivity index (χ1v) is 9.08. The van der Waals surface area contributed by atoms with E-state index in [-0.39, 0.29) is 0 Å². The van der Waals surface area contributed by atoms with Gasteiger partial charge in [-0.15, -0.1) is 0 Å². The van der Waals surface area contributed by atoms with E-state index in [1.807, 2.05) is 66.8 Å². The number of fused-ring (bicyclic) bond motifs is 1. The summed E-state index contributed by atoms with van der Waals surface area (Å²) in [5.41, 5.74) is 2.53. The third-order valence-electron chi connectivity index (χ3n) is 2.71. The molecule has 2 aromatic carbocycles. The Hall–Kier alpha value is -2.15. The molecule has 0 N–H and O–H groups in total. The summed E-state index contributed by atoms with van der Waals surface area (Å²) in [6.07, 6.45) is 3.60. The summed E-state index contributed by atoms with van der Waals surface area (Å²) in [7, 11) is 0. The van der Waals surface area contributed by atoms with Crippen molar-refractivity contribution in [3.8, 4) is 0 Å². The molecule has 0 bridgehead atoms. The van der Waals surface area contributed by atoms with Crippen molar-refractivity contribution >= 4 is 10.8 Å². The third kappa shape index (κ3) is 10.6. The summed E-state index contributed by atoms with van der Waals surface area (Å²) < 4.78 is 0. The van der Waals surface area contributed by atoms with E-state index < -0.39 is 0 Å². The predicted molar refractivity (Wildman–Crippen MR) is 112 cm³/mol. The molecule has 0 atom stereocenters. The van der Waals surface area contributed by atoms with Crippen LogP contribution in [0.25, 0.3) is 10.8 Å². The Morgan fingerprint density at radius 3 is 1.62 bits per heavy atom. The fourth-order valence-electron chi connectivity index (χ4n) is 1.76. The van der Waals surface area contributed by atoms with Crippen LogP contribution in [0.2, 0.25) is 0 Å². The number of hydrogen-bond donors (Lipinski definition) is 0. The smallest absolute Gasteiger partial charge is 0.0297 e. The highest BCUT2D eigenvalue weighted by atomic mass is 14.6. The third-order valence-corrected chi connectivity index (χ3v) is 2.71. The van der Waals surface area contributed by atoms with Gasteiger partial charge < -0.3 is 0 Å². The van der Waals surface area contributed by atoms with Crippen molar-refractivity contribution in [1.82, 2.24) is 4.98 Å². The zero-order chi connectivity index (χ0) is 18.8. The Bertz CT molecular complexity index is 615. The number of pyridine rings is 1. The molecule has 1 aromatic heterocycles. The van der Waals surface area contributed by atoms with Gasteiger partial charge in [0.2, 0.25) is 0 Å². The van der Waals surface area contributed by atoms with Gasteiger partial charge in [-0.05, 0) is 36.2 Å². The summed E-state index contributed by atoms with van der Waals surface area (Å²) in [4.78, 5) is 3.88. The van der Waals surface area contributed by atoms with Crippen LogP contribution in [0, 0.1) is 13.8 Å². The standard InChI is InChI=1S/C11H10.C6H7N.3C2H6/c1-9-6-7-10-4-2-3-5-11(10)8-9;1-6-3-2-4-7-5-6;3*1-2/h2-8H,1H3;2-5H,1H3;3*1-2H3. The van der Waals surface area contributed by atoms with Crippen molar-refractivity contribution in [2.24, 2.45) is 0 Å². The molecule has 0 unspecified atom stereocenters. The Labute approximate surface area is 149 Å². The highest BCUT2D eigenvalue weighted by molar-refractivity contribution is 5.82. The van der Waals surface area contributed by atoms with Gasteiger partial charge in [0.05, 0.1) is 0 Å². The van der Waals surface area contributed by atoms with Gasteiger partial charge in [0.15, 0.2) is 0 Å². The second-order valence-electron chi connectivity index (χ2n) is 4.38. The van der Waals surface area contributed by atoms with Gasteiger partial charge in [0.1, 0.15) is 0 Å². The molecule has 0 aliphatic carbocycles. The van der Waals surface area contributed by atoms with Gasteiger partial charge in [-0.25, -0.2) is 0 Å². The van der Waals surface area contributed by atoms with Crippen molar-refractivity contribution in [3.05, 3.63) is 78.1 Å². The number of hydrogen-bond acceptors (Lipinski definition) is 1. The van der Waals surface area contributed by atoms with Gasteiger partial charge in [-0.2, -0.15) is 0 Å². The van der Waals surface area contributed by atoms with Crippen molar-refractivity contribution in [2.75, 3.05) is 0 Å². The molecule has 0 amide bonds. The van der Waals surface area contributed by atoms with Crippen molar-refractivity contribution in [2.45, 2.75) is 55.4 Å². The first kappa shape index (κ1) is 24.1.